The van der Waals surface area contributed by atoms with E-state index in [1.54, 1.807) is 27.0 Å². The number of aryl methyl sites for hydroxylation is 1. The highest BCUT2D eigenvalue weighted by molar-refractivity contribution is 5.89. The molecule has 1 rings (SSSR count). The first kappa shape index (κ1) is 13.2. The smallest absolute Gasteiger partial charge is 0.339 e. The van der Waals surface area contributed by atoms with Gasteiger partial charge < -0.3 is 9.47 Å². The Hall–Kier alpha value is -1.91. The number of carbonyl (C=O) groups is 1. The molecule has 5 nitrogen and oxygen atoms in total. The predicted molar refractivity (Wildman–Crippen MR) is 64.7 cm³/mol. The third-order valence-corrected chi connectivity index (χ3v) is 2.12. The van der Waals surface area contributed by atoms with Crippen LogP contribution in [0.25, 0.3) is 0 Å². The van der Waals surface area contributed by atoms with Gasteiger partial charge in [0, 0.05) is 13.1 Å². The number of aliphatic imine (C=N–C) groups is 1. The van der Waals surface area contributed by atoms with Gasteiger partial charge in [0.2, 0.25) is 0 Å². The third kappa shape index (κ3) is 3.55. The molecule has 1 aromatic rings. The number of pyridine rings is 1. The van der Waals surface area contributed by atoms with Crippen LogP contribution in [0.2, 0.25) is 0 Å². The fraction of sp³-hybridized carbons (Fsp3) is 0.417. The van der Waals surface area contributed by atoms with Crippen LogP contribution in [0.15, 0.2) is 17.3 Å². The Balaban J connectivity index is 2.98. The van der Waals surface area contributed by atoms with E-state index in [9.17, 15) is 4.79 Å². The van der Waals surface area contributed by atoms with Gasteiger partial charge >= 0.3 is 5.97 Å². The van der Waals surface area contributed by atoms with Gasteiger partial charge in [-0.25, -0.2) is 9.78 Å². The van der Waals surface area contributed by atoms with E-state index >= 15 is 0 Å². The van der Waals surface area contributed by atoms with Crippen LogP contribution in [0, 0.1) is 6.92 Å². The van der Waals surface area contributed by atoms with Gasteiger partial charge in [0.15, 0.2) is 11.7 Å². The van der Waals surface area contributed by atoms with Crippen LogP contribution in [-0.4, -0.2) is 30.6 Å². The van der Waals surface area contributed by atoms with Crippen LogP contribution in [-0.2, 0) is 9.47 Å². The number of esters is 1. The van der Waals surface area contributed by atoms with E-state index in [0.29, 0.717) is 23.9 Å². The number of rotatable bonds is 3. The molecule has 1 aromatic heterocycles. The topological polar surface area (TPSA) is 60.8 Å². The van der Waals surface area contributed by atoms with Gasteiger partial charge in [0.05, 0.1) is 19.3 Å². The molecule has 0 aliphatic rings. The molecule has 0 unspecified atom stereocenters. The van der Waals surface area contributed by atoms with Gasteiger partial charge in [0.25, 0.3) is 0 Å². The van der Waals surface area contributed by atoms with Crippen LogP contribution < -0.4 is 0 Å². The standard InChI is InChI=1S/C12H16N2O3/c1-5-17-12(15)10-6-8(2)11(13-7-10)14-9(3)16-4/h6-7H,5H2,1-4H3. The molecule has 0 radical (unpaired) electrons. The van der Waals surface area contributed by atoms with Crippen molar-refractivity contribution >= 4 is 17.7 Å². The number of hydrogen-bond donors (Lipinski definition) is 0. The van der Waals surface area contributed by atoms with Crippen molar-refractivity contribution in [3.8, 4) is 0 Å². The summed E-state index contributed by atoms with van der Waals surface area (Å²) in [7, 11) is 1.54. The quantitative estimate of drug-likeness (QED) is 0.459. The van der Waals surface area contributed by atoms with Crippen molar-refractivity contribution in [1.82, 2.24) is 4.98 Å². The Bertz CT molecular complexity index is 441. The Labute approximate surface area is 100 Å². The van der Waals surface area contributed by atoms with Crippen LogP contribution in [0.4, 0.5) is 5.82 Å². The Kier molecular flexibility index (Phi) is 4.63. The van der Waals surface area contributed by atoms with Crippen LogP contribution in [0.1, 0.15) is 29.8 Å². The fourth-order valence-corrected chi connectivity index (χ4v) is 1.21. The molecule has 17 heavy (non-hydrogen) atoms. The molecule has 0 saturated carbocycles. The first-order valence-corrected chi connectivity index (χ1v) is 5.31. The molecule has 0 fully saturated rings. The number of aromatic nitrogens is 1. The highest BCUT2D eigenvalue weighted by atomic mass is 16.5. The fourth-order valence-electron chi connectivity index (χ4n) is 1.21. The average molecular weight is 236 g/mol. The van der Waals surface area contributed by atoms with E-state index in [2.05, 4.69) is 9.98 Å². The molecular weight excluding hydrogens is 220 g/mol. The first-order valence-electron chi connectivity index (χ1n) is 5.31. The monoisotopic (exact) mass is 236 g/mol. The summed E-state index contributed by atoms with van der Waals surface area (Å²) in [4.78, 5) is 19.7. The van der Waals surface area contributed by atoms with Gasteiger partial charge in [-0.05, 0) is 25.5 Å². The Morgan fingerprint density at radius 3 is 2.76 bits per heavy atom. The zero-order valence-electron chi connectivity index (χ0n) is 10.5. The molecule has 0 N–H and O–H groups in total. The van der Waals surface area contributed by atoms with Crippen molar-refractivity contribution in [3.05, 3.63) is 23.4 Å². The summed E-state index contributed by atoms with van der Waals surface area (Å²) in [6.45, 7) is 5.68. The van der Waals surface area contributed by atoms with Gasteiger partial charge in [-0.15, -0.1) is 0 Å². The SMILES string of the molecule is CCOC(=O)c1cnc(N=C(C)OC)c(C)c1. The molecule has 0 aromatic carbocycles. The lowest BCUT2D eigenvalue weighted by Crippen LogP contribution is -2.05. The summed E-state index contributed by atoms with van der Waals surface area (Å²) < 4.78 is 9.83. The lowest BCUT2D eigenvalue weighted by Gasteiger charge is -2.05. The van der Waals surface area contributed by atoms with E-state index in [1.165, 1.54) is 6.20 Å². The molecule has 0 saturated heterocycles. The number of methoxy groups -OCH3 is 1. The van der Waals surface area contributed by atoms with Gasteiger partial charge in [-0.3, -0.25) is 0 Å². The number of nitrogens with zero attached hydrogens (tertiary/aromatic N) is 2. The molecule has 5 heteroatoms. The predicted octanol–water partition coefficient (Wildman–Crippen LogP) is 2.26. The highest BCUT2D eigenvalue weighted by Crippen LogP contribution is 2.17. The van der Waals surface area contributed by atoms with E-state index in [-0.39, 0.29) is 5.97 Å². The molecule has 92 valence electrons. The normalized spacial score (nSPS) is 11.2. The van der Waals surface area contributed by atoms with Crippen LogP contribution >= 0.6 is 0 Å². The molecule has 1 heterocycles. The largest absolute Gasteiger partial charge is 0.484 e. The molecule has 0 aliphatic carbocycles. The second-order valence-electron chi connectivity index (χ2n) is 3.42. The van der Waals surface area contributed by atoms with Gasteiger partial charge in [-0.2, -0.15) is 4.99 Å². The van der Waals surface area contributed by atoms with Crippen molar-refractivity contribution in [2.24, 2.45) is 4.99 Å². The van der Waals surface area contributed by atoms with Crippen LogP contribution in [0.3, 0.4) is 0 Å². The summed E-state index contributed by atoms with van der Waals surface area (Å²) in [6.07, 6.45) is 1.45. The average Bonchev–Trinajstić information content (AvgIpc) is 2.31. The third-order valence-electron chi connectivity index (χ3n) is 2.12. The summed E-state index contributed by atoms with van der Waals surface area (Å²) in [5.41, 5.74) is 1.23. The minimum Gasteiger partial charge on any atom is -0.484 e. The molecule has 0 aliphatic heterocycles. The lowest BCUT2D eigenvalue weighted by atomic mass is 10.2. The number of hydrogen-bond acceptors (Lipinski definition) is 5. The Morgan fingerprint density at radius 1 is 1.53 bits per heavy atom. The first-order chi connectivity index (χ1) is 8.08. The van der Waals surface area contributed by atoms with Crippen LogP contribution in [0.5, 0.6) is 0 Å². The van der Waals surface area contributed by atoms with E-state index in [0.717, 1.165) is 5.56 Å². The van der Waals surface area contributed by atoms with Crippen molar-refractivity contribution in [3.63, 3.8) is 0 Å². The van der Waals surface area contributed by atoms with Crippen molar-refractivity contribution in [2.75, 3.05) is 13.7 Å². The molecule has 0 amide bonds. The Morgan fingerprint density at radius 2 is 2.24 bits per heavy atom. The summed E-state index contributed by atoms with van der Waals surface area (Å²) in [6, 6.07) is 1.70. The minimum atomic E-state index is -0.373. The molecular formula is C12H16N2O3. The summed E-state index contributed by atoms with van der Waals surface area (Å²) in [5, 5.41) is 0. The highest BCUT2D eigenvalue weighted by Gasteiger charge is 2.09. The number of ether oxygens (including phenoxy) is 2. The van der Waals surface area contributed by atoms with Gasteiger partial charge in [0.1, 0.15) is 0 Å². The van der Waals surface area contributed by atoms with E-state index in [1.807, 2.05) is 6.92 Å². The number of carbonyl (C=O) groups excluding carboxylic acids is 1. The second kappa shape index (κ2) is 5.98. The van der Waals surface area contributed by atoms with Crippen molar-refractivity contribution < 1.29 is 14.3 Å². The minimum absolute atomic E-state index is 0.348. The molecule has 0 bridgehead atoms. The lowest BCUT2D eigenvalue weighted by molar-refractivity contribution is 0.0526. The maximum atomic E-state index is 11.5. The second-order valence-corrected chi connectivity index (χ2v) is 3.42. The van der Waals surface area contributed by atoms with Crippen molar-refractivity contribution in [1.29, 1.82) is 0 Å². The zero-order valence-corrected chi connectivity index (χ0v) is 10.5. The molecule has 0 atom stereocenters. The molecule has 0 spiro atoms. The zero-order chi connectivity index (χ0) is 12.8. The van der Waals surface area contributed by atoms with E-state index < -0.39 is 0 Å². The summed E-state index contributed by atoms with van der Waals surface area (Å²) in [5.74, 6) is 0.684. The maximum absolute atomic E-state index is 11.5. The van der Waals surface area contributed by atoms with E-state index in [4.69, 9.17) is 9.47 Å². The summed E-state index contributed by atoms with van der Waals surface area (Å²) >= 11 is 0. The van der Waals surface area contributed by atoms with Crippen molar-refractivity contribution in [2.45, 2.75) is 20.8 Å². The maximum Gasteiger partial charge on any atom is 0.339 e. The van der Waals surface area contributed by atoms with Gasteiger partial charge in [-0.1, -0.05) is 0 Å².